The van der Waals surface area contributed by atoms with Gasteiger partial charge in [-0.3, -0.25) is 14.3 Å². The Morgan fingerprint density at radius 2 is 1.81 bits per heavy atom. The summed E-state index contributed by atoms with van der Waals surface area (Å²) in [7, 11) is -3.86. The molecule has 10 nitrogen and oxygen atoms in total. The summed E-state index contributed by atoms with van der Waals surface area (Å²) in [5.41, 5.74) is 1.50. The van der Waals surface area contributed by atoms with Crippen LogP contribution in [0.4, 0.5) is 11.5 Å². The van der Waals surface area contributed by atoms with Crippen LogP contribution in [0.15, 0.2) is 52.2 Å². The fourth-order valence-corrected chi connectivity index (χ4v) is 4.19. The number of aryl methyl sites for hydroxylation is 2. The molecule has 4 rings (SSSR count). The van der Waals surface area contributed by atoms with Gasteiger partial charge in [0.05, 0.1) is 10.6 Å². The summed E-state index contributed by atoms with van der Waals surface area (Å²) in [6, 6.07) is 10.3. The highest BCUT2D eigenvalue weighted by atomic mass is 32.2. The SMILES string of the molecule is Cc1cc(NS(=O)(=O)c2ccc(NC(=O)Cn3nc(C4CC4)ccc3=O)cc2)nc(C)n1. The molecule has 0 aliphatic heterocycles. The Hall–Kier alpha value is -3.60. The van der Waals surface area contributed by atoms with Gasteiger partial charge in [0.25, 0.3) is 15.6 Å². The van der Waals surface area contributed by atoms with E-state index in [0.717, 1.165) is 23.2 Å². The molecule has 32 heavy (non-hydrogen) atoms. The lowest BCUT2D eigenvalue weighted by atomic mass is 10.3. The molecule has 2 heterocycles. The Balaban J connectivity index is 1.42. The Labute approximate surface area is 184 Å². The van der Waals surface area contributed by atoms with Gasteiger partial charge in [0.2, 0.25) is 5.91 Å². The van der Waals surface area contributed by atoms with Gasteiger partial charge in [-0.1, -0.05) is 0 Å². The molecular formula is C21H22N6O4S. The number of hydrogen-bond acceptors (Lipinski definition) is 7. The lowest BCUT2D eigenvalue weighted by molar-refractivity contribution is -0.117. The van der Waals surface area contributed by atoms with E-state index in [4.69, 9.17) is 0 Å². The second-order valence-corrected chi connectivity index (χ2v) is 9.33. The molecule has 1 saturated carbocycles. The predicted octanol–water partition coefficient (Wildman–Crippen LogP) is 1.97. The number of hydrogen-bond donors (Lipinski definition) is 2. The fourth-order valence-electron chi connectivity index (χ4n) is 3.19. The second kappa shape index (κ2) is 8.50. The lowest BCUT2D eigenvalue weighted by Gasteiger charge is -2.10. The average Bonchev–Trinajstić information content (AvgIpc) is 3.54. The topological polar surface area (TPSA) is 136 Å². The maximum absolute atomic E-state index is 12.6. The van der Waals surface area contributed by atoms with Gasteiger partial charge in [0.15, 0.2) is 0 Å². The molecule has 1 aliphatic rings. The first-order valence-electron chi connectivity index (χ1n) is 10.0. The van der Waals surface area contributed by atoms with Crippen molar-refractivity contribution in [2.75, 3.05) is 10.0 Å². The minimum Gasteiger partial charge on any atom is -0.324 e. The van der Waals surface area contributed by atoms with E-state index in [1.807, 2.05) is 0 Å². The number of carbonyl (C=O) groups is 1. The lowest BCUT2D eigenvalue weighted by Crippen LogP contribution is -2.29. The summed E-state index contributed by atoms with van der Waals surface area (Å²) in [6.45, 7) is 3.19. The van der Waals surface area contributed by atoms with E-state index in [-0.39, 0.29) is 22.8 Å². The minimum absolute atomic E-state index is 0.0134. The molecule has 1 aromatic carbocycles. The number of amides is 1. The molecule has 0 atom stereocenters. The van der Waals surface area contributed by atoms with Gasteiger partial charge >= 0.3 is 0 Å². The van der Waals surface area contributed by atoms with Gasteiger partial charge in [-0.2, -0.15) is 5.10 Å². The zero-order valence-electron chi connectivity index (χ0n) is 17.6. The number of nitrogens with one attached hydrogen (secondary N) is 2. The van der Waals surface area contributed by atoms with Gasteiger partial charge in [-0.15, -0.1) is 0 Å². The van der Waals surface area contributed by atoms with E-state index in [0.29, 0.717) is 23.1 Å². The number of carbonyl (C=O) groups excluding carboxylic acids is 1. The average molecular weight is 455 g/mol. The summed E-state index contributed by atoms with van der Waals surface area (Å²) >= 11 is 0. The molecule has 11 heteroatoms. The van der Waals surface area contributed by atoms with Gasteiger partial charge in [0.1, 0.15) is 18.2 Å². The Morgan fingerprint density at radius 1 is 1.09 bits per heavy atom. The largest absolute Gasteiger partial charge is 0.324 e. The summed E-state index contributed by atoms with van der Waals surface area (Å²) in [6.07, 6.45) is 2.08. The van der Waals surface area contributed by atoms with E-state index in [9.17, 15) is 18.0 Å². The highest BCUT2D eigenvalue weighted by molar-refractivity contribution is 7.92. The smallest absolute Gasteiger partial charge is 0.267 e. The van der Waals surface area contributed by atoms with Crippen molar-refractivity contribution >= 4 is 27.4 Å². The second-order valence-electron chi connectivity index (χ2n) is 7.65. The van der Waals surface area contributed by atoms with E-state index < -0.39 is 15.9 Å². The summed E-state index contributed by atoms with van der Waals surface area (Å²) in [5.74, 6) is 0.562. The van der Waals surface area contributed by atoms with Crippen molar-refractivity contribution in [1.82, 2.24) is 19.7 Å². The number of anilines is 2. The van der Waals surface area contributed by atoms with Crippen LogP contribution in [-0.2, 0) is 21.4 Å². The quantitative estimate of drug-likeness (QED) is 0.557. The minimum atomic E-state index is -3.86. The zero-order chi connectivity index (χ0) is 22.9. The molecular weight excluding hydrogens is 432 g/mol. The zero-order valence-corrected chi connectivity index (χ0v) is 18.4. The molecule has 2 N–H and O–H groups in total. The summed E-state index contributed by atoms with van der Waals surface area (Å²) in [5, 5.41) is 6.91. The van der Waals surface area contributed by atoms with E-state index >= 15 is 0 Å². The summed E-state index contributed by atoms with van der Waals surface area (Å²) in [4.78, 5) is 32.6. The van der Waals surface area contributed by atoms with Crippen molar-refractivity contribution in [2.45, 2.75) is 44.0 Å². The molecule has 0 spiro atoms. The molecule has 0 saturated heterocycles. The molecule has 1 aliphatic carbocycles. The highest BCUT2D eigenvalue weighted by Crippen LogP contribution is 2.38. The van der Waals surface area contributed by atoms with Crippen LogP contribution in [0.5, 0.6) is 0 Å². The molecule has 0 unspecified atom stereocenters. The Bertz CT molecular complexity index is 1310. The van der Waals surface area contributed by atoms with E-state index in [1.165, 1.54) is 36.4 Å². The van der Waals surface area contributed by atoms with E-state index in [1.54, 1.807) is 19.9 Å². The van der Waals surface area contributed by atoms with Crippen LogP contribution >= 0.6 is 0 Å². The third-order valence-corrected chi connectivity index (χ3v) is 6.20. The maximum atomic E-state index is 12.6. The highest BCUT2D eigenvalue weighted by Gasteiger charge is 2.25. The molecule has 166 valence electrons. The van der Waals surface area contributed by atoms with Gasteiger partial charge < -0.3 is 5.32 Å². The van der Waals surface area contributed by atoms with Crippen LogP contribution in [0.25, 0.3) is 0 Å². The van der Waals surface area contributed by atoms with Crippen LogP contribution in [0.1, 0.15) is 36.0 Å². The van der Waals surface area contributed by atoms with Crippen molar-refractivity contribution in [3.8, 4) is 0 Å². The van der Waals surface area contributed by atoms with E-state index in [2.05, 4.69) is 25.1 Å². The predicted molar refractivity (Wildman–Crippen MR) is 118 cm³/mol. The number of sulfonamides is 1. The normalized spacial score (nSPS) is 13.6. The molecule has 0 bridgehead atoms. The first-order chi connectivity index (χ1) is 15.2. The molecule has 0 radical (unpaired) electrons. The van der Waals surface area contributed by atoms with Crippen LogP contribution in [-0.4, -0.2) is 34.1 Å². The van der Waals surface area contributed by atoms with Crippen LogP contribution < -0.4 is 15.6 Å². The fraction of sp³-hybridized carbons (Fsp3) is 0.286. The van der Waals surface area contributed by atoms with Crippen molar-refractivity contribution in [2.24, 2.45) is 0 Å². The Morgan fingerprint density at radius 3 is 2.47 bits per heavy atom. The standard InChI is InChI=1S/C21H22N6O4S/c1-13-11-19(23-14(2)22-13)26-32(30,31)17-7-5-16(6-8-17)24-20(28)12-27-21(29)10-9-18(25-27)15-3-4-15/h5-11,15H,3-4,12H2,1-2H3,(H,24,28)(H,22,23,26). The van der Waals surface area contributed by atoms with Crippen molar-refractivity contribution in [3.05, 3.63) is 70.0 Å². The van der Waals surface area contributed by atoms with Crippen LogP contribution in [0, 0.1) is 13.8 Å². The third kappa shape index (κ3) is 5.17. The van der Waals surface area contributed by atoms with Crippen LogP contribution in [0.3, 0.4) is 0 Å². The molecule has 1 fully saturated rings. The van der Waals surface area contributed by atoms with Gasteiger partial charge in [0, 0.05) is 29.4 Å². The molecule has 3 aromatic rings. The van der Waals surface area contributed by atoms with Crippen LogP contribution in [0.2, 0.25) is 0 Å². The number of rotatable bonds is 7. The summed E-state index contributed by atoms with van der Waals surface area (Å²) < 4.78 is 28.8. The first-order valence-corrected chi connectivity index (χ1v) is 11.5. The number of nitrogens with zero attached hydrogens (tertiary/aromatic N) is 4. The number of benzene rings is 1. The number of aromatic nitrogens is 4. The van der Waals surface area contributed by atoms with Crippen molar-refractivity contribution in [1.29, 1.82) is 0 Å². The maximum Gasteiger partial charge on any atom is 0.267 e. The first kappa shape index (κ1) is 21.6. The van der Waals surface area contributed by atoms with Gasteiger partial charge in [-0.05, 0) is 57.0 Å². The monoisotopic (exact) mass is 454 g/mol. The van der Waals surface area contributed by atoms with Crippen molar-refractivity contribution < 1.29 is 13.2 Å². The molecule has 2 aromatic heterocycles. The molecule has 1 amide bonds. The van der Waals surface area contributed by atoms with Crippen molar-refractivity contribution in [3.63, 3.8) is 0 Å². The van der Waals surface area contributed by atoms with Gasteiger partial charge in [-0.25, -0.2) is 23.1 Å². The third-order valence-electron chi connectivity index (χ3n) is 4.83. The Kier molecular flexibility index (Phi) is 5.74.